The average Bonchev–Trinajstić information content (AvgIpc) is 3.10. The largest absolute Gasteiger partial charge is 0.444 e. The van der Waals surface area contributed by atoms with Crippen molar-refractivity contribution in [1.82, 2.24) is 9.80 Å². The number of rotatable bonds is 0. The van der Waals surface area contributed by atoms with Gasteiger partial charge >= 0.3 is 12.2 Å². The highest BCUT2D eigenvalue weighted by Crippen LogP contribution is 2.19. The number of piperidine rings is 1. The molecule has 6 heteroatoms. The molecule has 2 atom stereocenters. The van der Waals surface area contributed by atoms with E-state index in [1.807, 2.05) is 74.1 Å². The van der Waals surface area contributed by atoms with Gasteiger partial charge in [-0.05, 0) is 72.6 Å². The molecule has 0 aliphatic carbocycles. The van der Waals surface area contributed by atoms with Crippen LogP contribution in [-0.4, -0.2) is 59.4 Å². The fourth-order valence-corrected chi connectivity index (χ4v) is 3.11. The zero-order valence-corrected chi connectivity index (χ0v) is 22.6. The molecule has 0 saturated carbocycles. The van der Waals surface area contributed by atoms with Crippen LogP contribution in [-0.2, 0) is 9.47 Å². The van der Waals surface area contributed by atoms with Crippen LogP contribution in [0.15, 0.2) is 0 Å². The van der Waals surface area contributed by atoms with E-state index in [2.05, 4.69) is 13.8 Å². The fraction of sp³-hybridized carbons (Fsp3) is 0.920. The maximum Gasteiger partial charge on any atom is 0.410 e. The van der Waals surface area contributed by atoms with Crippen LogP contribution >= 0.6 is 0 Å². The molecular weight excluding hydrogens is 392 g/mol. The number of amides is 2. The minimum atomic E-state index is -0.377. The zero-order chi connectivity index (χ0) is 24.8. The normalized spacial score (nSPS) is 20.8. The fourth-order valence-electron chi connectivity index (χ4n) is 3.11. The molecule has 0 aromatic rings. The smallest absolute Gasteiger partial charge is 0.410 e. The number of carbonyl (C=O) groups is 2. The molecule has 2 aliphatic heterocycles. The minimum Gasteiger partial charge on any atom is -0.444 e. The van der Waals surface area contributed by atoms with E-state index in [-0.39, 0.29) is 23.4 Å². The molecule has 2 saturated heterocycles. The molecule has 186 valence electrons. The second kappa shape index (κ2) is 15.4. The summed E-state index contributed by atoms with van der Waals surface area (Å²) in [4.78, 5) is 26.8. The van der Waals surface area contributed by atoms with Crippen LogP contribution in [0.25, 0.3) is 0 Å². The maximum absolute atomic E-state index is 11.7. The van der Waals surface area contributed by atoms with Gasteiger partial charge in [0, 0.05) is 26.2 Å². The molecule has 0 aromatic carbocycles. The van der Waals surface area contributed by atoms with Gasteiger partial charge < -0.3 is 19.3 Å². The number of hydrogen-bond donors (Lipinski definition) is 0. The van der Waals surface area contributed by atoms with Gasteiger partial charge in [0.25, 0.3) is 0 Å². The van der Waals surface area contributed by atoms with Crippen molar-refractivity contribution >= 4 is 12.2 Å². The lowest BCUT2D eigenvalue weighted by Crippen LogP contribution is -2.42. The van der Waals surface area contributed by atoms with Crippen LogP contribution in [0.1, 0.15) is 102 Å². The number of nitrogens with zero attached hydrogens (tertiary/aromatic N) is 2. The Morgan fingerprint density at radius 3 is 1.35 bits per heavy atom. The van der Waals surface area contributed by atoms with Crippen molar-refractivity contribution in [3.63, 3.8) is 0 Å². The molecule has 6 nitrogen and oxygen atoms in total. The van der Waals surface area contributed by atoms with Crippen molar-refractivity contribution in [2.24, 2.45) is 11.8 Å². The number of carbonyl (C=O) groups excluding carboxylic acids is 2. The monoisotopic (exact) mass is 444 g/mol. The van der Waals surface area contributed by atoms with E-state index in [0.717, 1.165) is 39.0 Å². The molecule has 0 radical (unpaired) electrons. The van der Waals surface area contributed by atoms with Gasteiger partial charge in [-0.15, -0.1) is 0 Å². The van der Waals surface area contributed by atoms with Crippen molar-refractivity contribution in [1.29, 1.82) is 0 Å². The van der Waals surface area contributed by atoms with Gasteiger partial charge in [0.2, 0.25) is 0 Å². The van der Waals surface area contributed by atoms with Crippen LogP contribution < -0.4 is 0 Å². The van der Waals surface area contributed by atoms with Crippen molar-refractivity contribution in [3.8, 4) is 0 Å². The highest BCUT2D eigenvalue weighted by atomic mass is 16.6. The van der Waals surface area contributed by atoms with E-state index < -0.39 is 0 Å². The van der Waals surface area contributed by atoms with Crippen molar-refractivity contribution in [2.75, 3.05) is 26.2 Å². The molecule has 0 aromatic heterocycles. The van der Waals surface area contributed by atoms with Crippen LogP contribution in [0.2, 0.25) is 0 Å². The lowest BCUT2D eigenvalue weighted by atomic mass is 10.0. The van der Waals surface area contributed by atoms with Gasteiger partial charge in [0.1, 0.15) is 11.2 Å². The highest BCUT2D eigenvalue weighted by Gasteiger charge is 2.27. The molecule has 2 fully saturated rings. The third-order valence-corrected chi connectivity index (χ3v) is 4.38. The molecule has 2 amide bonds. The van der Waals surface area contributed by atoms with Gasteiger partial charge in [-0.25, -0.2) is 9.59 Å². The summed E-state index contributed by atoms with van der Waals surface area (Å²) in [5.41, 5.74) is -0.749. The summed E-state index contributed by atoms with van der Waals surface area (Å²) in [7, 11) is 0. The Hall–Kier alpha value is -1.46. The second-order valence-corrected chi connectivity index (χ2v) is 9.99. The SMILES string of the molecule is CC.CC.C[C@@H]1CCCN(C(=O)OC(C)(C)C)C1.C[C@@H]1CCN(C(=O)OC(C)(C)C)C1. The lowest BCUT2D eigenvalue weighted by Gasteiger charge is -2.32. The molecular formula is C25H52N2O4. The first-order chi connectivity index (χ1) is 14.3. The summed E-state index contributed by atoms with van der Waals surface area (Å²) < 4.78 is 10.6. The third-order valence-electron chi connectivity index (χ3n) is 4.38. The van der Waals surface area contributed by atoms with E-state index in [1.54, 1.807) is 4.90 Å². The summed E-state index contributed by atoms with van der Waals surface area (Å²) in [6, 6.07) is 0. The first-order valence-electron chi connectivity index (χ1n) is 12.2. The first kappa shape index (κ1) is 31.7. The third kappa shape index (κ3) is 15.9. The Morgan fingerprint density at radius 1 is 0.677 bits per heavy atom. The van der Waals surface area contributed by atoms with Crippen molar-refractivity contribution in [3.05, 3.63) is 0 Å². The Balaban J connectivity index is 0. The number of likely N-dealkylation sites (tertiary alicyclic amines) is 2. The Kier molecular flexibility index (Phi) is 15.7. The number of hydrogen-bond acceptors (Lipinski definition) is 4. The van der Waals surface area contributed by atoms with Gasteiger partial charge in [-0.3, -0.25) is 0 Å². The summed E-state index contributed by atoms with van der Waals surface area (Å²) in [6.45, 7) is 27.1. The van der Waals surface area contributed by atoms with Crippen LogP contribution in [0.5, 0.6) is 0 Å². The van der Waals surface area contributed by atoms with Crippen molar-refractivity contribution in [2.45, 2.75) is 114 Å². The molecule has 2 aliphatic rings. The average molecular weight is 445 g/mol. The Bertz CT molecular complexity index is 495. The number of ether oxygens (including phenoxy) is 2. The van der Waals surface area contributed by atoms with E-state index in [4.69, 9.17) is 9.47 Å². The second-order valence-electron chi connectivity index (χ2n) is 9.99. The molecule has 0 unspecified atom stereocenters. The molecule has 0 bridgehead atoms. The summed E-state index contributed by atoms with van der Waals surface area (Å²) >= 11 is 0. The predicted octanol–water partition coefficient (Wildman–Crippen LogP) is 6.97. The maximum atomic E-state index is 11.7. The minimum absolute atomic E-state index is 0.163. The van der Waals surface area contributed by atoms with Gasteiger partial charge in [0.05, 0.1) is 0 Å². The summed E-state index contributed by atoms with van der Waals surface area (Å²) in [5.74, 6) is 1.23. The summed E-state index contributed by atoms with van der Waals surface area (Å²) in [6.07, 6.45) is 3.08. The van der Waals surface area contributed by atoms with Gasteiger partial charge in [-0.1, -0.05) is 41.5 Å². The van der Waals surface area contributed by atoms with E-state index >= 15 is 0 Å². The molecule has 2 heterocycles. The van der Waals surface area contributed by atoms with Crippen molar-refractivity contribution < 1.29 is 19.1 Å². The first-order valence-corrected chi connectivity index (χ1v) is 12.2. The Labute approximate surface area is 193 Å². The summed E-state index contributed by atoms with van der Waals surface area (Å²) in [5, 5.41) is 0. The quantitative estimate of drug-likeness (QED) is 0.405. The molecule has 0 N–H and O–H groups in total. The topological polar surface area (TPSA) is 59.1 Å². The lowest BCUT2D eigenvalue weighted by molar-refractivity contribution is 0.0174. The van der Waals surface area contributed by atoms with Gasteiger partial charge in [-0.2, -0.15) is 0 Å². The zero-order valence-electron chi connectivity index (χ0n) is 22.6. The molecule has 0 spiro atoms. The van der Waals surface area contributed by atoms with Gasteiger partial charge in [0.15, 0.2) is 0 Å². The predicted molar refractivity (Wildman–Crippen MR) is 130 cm³/mol. The van der Waals surface area contributed by atoms with E-state index in [9.17, 15) is 9.59 Å². The van der Waals surface area contributed by atoms with Crippen LogP contribution in [0, 0.1) is 11.8 Å². The van der Waals surface area contributed by atoms with Crippen LogP contribution in [0.4, 0.5) is 9.59 Å². The Morgan fingerprint density at radius 2 is 1.03 bits per heavy atom. The highest BCUT2D eigenvalue weighted by molar-refractivity contribution is 5.68. The van der Waals surface area contributed by atoms with E-state index in [1.165, 1.54) is 6.42 Å². The molecule has 2 rings (SSSR count). The van der Waals surface area contributed by atoms with E-state index in [0.29, 0.717) is 11.8 Å². The van der Waals surface area contributed by atoms with Crippen LogP contribution in [0.3, 0.4) is 0 Å². The molecule has 31 heavy (non-hydrogen) atoms. The standard InChI is InChI=1S/C11H21NO2.C10H19NO2.2C2H6/c1-9-6-5-7-12(8-9)10(13)14-11(2,3)4;1-8-5-6-11(7-8)9(12)13-10(2,3)4;2*1-2/h9H,5-8H2,1-4H3;8H,5-7H2,1-4H3;2*1-2H3/t9-;8-;;/m11../s1.